The number of hydrogen-bond donors (Lipinski definition) is 0. The number of pyridine rings is 1. The highest BCUT2D eigenvalue weighted by molar-refractivity contribution is 5.68. The number of aryl methyl sites for hydroxylation is 3. The van der Waals surface area contributed by atoms with Gasteiger partial charge >= 0.3 is 0 Å². The predicted octanol–water partition coefficient (Wildman–Crippen LogP) is 5.36. The third-order valence-corrected chi connectivity index (χ3v) is 7.09. The fourth-order valence-electron chi connectivity index (χ4n) is 5.22. The summed E-state index contributed by atoms with van der Waals surface area (Å²) in [6.07, 6.45) is 7.51. The van der Waals surface area contributed by atoms with Gasteiger partial charge in [-0.15, -0.1) is 0 Å². The molecule has 1 aromatic carbocycles. The van der Waals surface area contributed by atoms with E-state index in [0.29, 0.717) is 6.61 Å². The van der Waals surface area contributed by atoms with Crippen LogP contribution in [-0.4, -0.2) is 41.2 Å². The van der Waals surface area contributed by atoms with E-state index in [9.17, 15) is 0 Å². The Hall–Kier alpha value is -3.15. The van der Waals surface area contributed by atoms with Crippen LogP contribution in [0.3, 0.4) is 0 Å². The van der Waals surface area contributed by atoms with Crippen molar-refractivity contribution in [1.29, 1.82) is 0 Å². The number of fused-ring (bicyclic) bond motifs is 1. The van der Waals surface area contributed by atoms with Crippen molar-refractivity contribution in [2.75, 3.05) is 36.0 Å². The van der Waals surface area contributed by atoms with Crippen molar-refractivity contribution in [3.63, 3.8) is 0 Å². The zero-order valence-electron chi connectivity index (χ0n) is 20.7. The first kappa shape index (κ1) is 22.6. The second-order valence-corrected chi connectivity index (χ2v) is 9.24. The molecule has 4 heterocycles. The molecule has 6 nitrogen and oxygen atoms in total. The number of anilines is 2. The quantitative estimate of drug-likeness (QED) is 0.497. The normalized spacial score (nSPS) is 15.7. The number of ether oxygens (including phenoxy) is 1. The van der Waals surface area contributed by atoms with E-state index in [1.807, 2.05) is 18.3 Å². The lowest BCUT2D eigenvalue weighted by molar-refractivity contribution is 0.304. The van der Waals surface area contributed by atoms with Gasteiger partial charge < -0.3 is 14.5 Å². The molecule has 0 aliphatic carbocycles. The molecular weight excluding hydrogens is 422 g/mol. The molecule has 0 N–H and O–H groups in total. The Labute approximate surface area is 203 Å². The van der Waals surface area contributed by atoms with Gasteiger partial charge in [-0.3, -0.25) is 0 Å². The van der Waals surface area contributed by atoms with Gasteiger partial charge in [0.25, 0.3) is 0 Å². The lowest BCUT2D eigenvalue weighted by Gasteiger charge is -2.34. The number of aromatic nitrogens is 3. The first-order valence-corrected chi connectivity index (χ1v) is 12.8. The molecule has 178 valence electrons. The van der Waals surface area contributed by atoms with Crippen LogP contribution < -0.4 is 14.5 Å². The van der Waals surface area contributed by atoms with Crippen LogP contribution in [0, 0.1) is 6.92 Å². The summed E-state index contributed by atoms with van der Waals surface area (Å²) < 4.78 is 5.85. The molecule has 1 fully saturated rings. The average Bonchev–Trinajstić information content (AvgIpc) is 2.89. The molecule has 2 aliphatic heterocycles. The Bertz CT molecular complexity index is 1130. The van der Waals surface area contributed by atoms with Crippen LogP contribution in [0.2, 0.25) is 0 Å². The average molecular weight is 458 g/mol. The van der Waals surface area contributed by atoms with Crippen LogP contribution in [0.4, 0.5) is 11.6 Å². The van der Waals surface area contributed by atoms with Gasteiger partial charge in [0, 0.05) is 36.1 Å². The minimum Gasteiger partial charge on any atom is -0.488 e. The van der Waals surface area contributed by atoms with Crippen molar-refractivity contribution in [3.05, 3.63) is 58.9 Å². The van der Waals surface area contributed by atoms with E-state index < -0.39 is 0 Å². The van der Waals surface area contributed by atoms with Crippen molar-refractivity contribution in [2.24, 2.45) is 0 Å². The van der Waals surface area contributed by atoms with Crippen molar-refractivity contribution in [2.45, 2.75) is 59.4 Å². The molecule has 0 saturated carbocycles. The summed E-state index contributed by atoms with van der Waals surface area (Å²) in [5.41, 5.74) is 6.13. The summed E-state index contributed by atoms with van der Waals surface area (Å²) in [5.74, 6) is 3.73. The lowest BCUT2D eigenvalue weighted by Crippen LogP contribution is -2.36. The largest absolute Gasteiger partial charge is 0.488 e. The Balaban J connectivity index is 1.61. The summed E-state index contributed by atoms with van der Waals surface area (Å²) >= 11 is 0. The van der Waals surface area contributed by atoms with Crippen LogP contribution in [-0.2, 0) is 19.4 Å². The first-order valence-electron chi connectivity index (χ1n) is 12.8. The van der Waals surface area contributed by atoms with Crippen LogP contribution in [0.25, 0.3) is 11.4 Å². The van der Waals surface area contributed by atoms with E-state index in [0.717, 1.165) is 67.9 Å². The third kappa shape index (κ3) is 4.33. The van der Waals surface area contributed by atoms with Crippen LogP contribution in [0.15, 0.2) is 36.5 Å². The Morgan fingerprint density at radius 3 is 2.38 bits per heavy atom. The van der Waals surface area contributed by atoms with E-state index in [-0.39, 0.29) is 0 Å². The summed E-state index contributed by atoms with van der Waals surface area (Å²) in [5, 5.41) is 0. The molecule has 0 unspecified atom stereocenters. The summed E-state index contributed by atoms with van der Waals surface area (Å²) in [6.45, 7) is 10.9. The van der Waals surface area contributed by atoms with Gasteiger partial charge in [-0.05, 0) is 62.3 Å². The highest BCUT2D eigenvalue weighted by Crippen LogP contribution is 2.35. The monoisotopic (exact) mass is 457 g/mol. The fourth-order valence-corrected chi connectivity index (χ4v) is 5.22. The van der Waals surface area contributed by atoms with Gasteiger partial charge in [-0.25, -0.2) is 15.0 Å². The van der Waals surface area contributed by atoms with Crippen molar-refractivity contribution in [3.8, 4) is 17.1 Å². The van der Waals surface area contributed by atoms with Crippen LogP contribution in [0.1, 0.15) is 55.5 Å². The molecule has 0 atom stereocenters. The molecule has 2 aromatic heterocycles. The molecule has 5 rings (SSSR count). The summed E-state index contributed by atoms with van der Waals surface area (Å²) in [6, 6.07) is 10.5. The number of hydrogen-bond acceptors (Lipinski definition) is 6. The van der Waals surface area contributed by atoms with Gasteiger partial charge in [-0.1, -0.05) is 32.0 Å². The Kier molecular flexibility index (Phi) is 6.66. The topological polar surface area (TPSA) is 54.4 Å². The molecule has 6 heteroatoms. The van der Waals surface area contributed by atoms with Crippen molar-refractivity contribution >= 4 is 11.6 Å². The van der Waals surface area contributed by atoms with Crippen molar-refractivity contribution < 1.29 is 4.74 Å². The second-order valence-electron chi connectivity index (χ2n) is 9.24. The SMILES string of the molecule is CCc1cccc(CC)c1-c1nc(C)c(CN2CCOc3cccnc32)c(N2CCCCC2)n1. The molecule has 0 spiro atoms. The fraction of sp³-hybridized carbons (Fsp3) is 0.464. The van der Waals surface area contributed by atoms with Crippen molar-refractivity contribution in [1.82, 2.24) is 15.0 Å². The van der Waals surface area contributed by atoms with E-state index >= 15 is 0 Å². The maximum absolute atomic E-state index is 5.85. The predicted molar refractivity (Wildman–Crippen MR) is 138 cm³/mol. The molecule has 0 amide bonds. The highest BCUT2D eigenvalue weighted by atomic mass is 16.5. The van der Waals surface area contributed by atoms with Gasteiger partial charge in [0.2, 0.25) is 0 Å². The summed E-state index contributed by atoms with van der Waals surface area (Å²) in [7, 11) is 0. The molecule has 0 radical (unpaired) electrons. The van der Waals surface area contributed by atoms with Gasteiger partial charge in [0.1, 0.15) is 12.4 Å². The minimum absolute atomic E-state index is 0.666. The Morgan fingerprint density at radius 2 is 1.65 bits per heavy atom. The van der Waals surface area contributed by atoms with Crippen LogP contribution in [0.5, 0.6) is 5.75 Å². The molecule has 3 aromatic rings. The van der Waals surface area contributed by atoms with Gasteiger partial charge in [-0.2, -0.15) is 0 Å². The molecular formula is C28H35N5O. The maximum atomic E-state index is 5.85. The number of nitrogens with zero attached hydrogens (tertiary/aromatic N) is 5. The number of benzene rings is 1. The second kappa shape index (κ2) is 10.00. The van der Waals surface area contributed by atoms with Crippen LogP contribution >= 0.6 is 0 Å². The number of piperidine rings is 1. The smallest absolute Gasteiger partial charge is 0.171 e. The highest BCUT2D eigenvalue weighted by Gasteiger charge is 2.26. The first-order chi connectivity index (χ1) is 16.7. The molecule has 2 aliphatic rings. The molecule has 1 saturated heterocycles. The third-order valence-electron chi connectivity index (χ3n) is 7.09. The maximum Gasteiger partial charge on any atom is 0.171 e. The zero-order valence-corrected chi connectivity index (χ0v) is 20.7. The standard InChI is InChI=1S/C28H35N5O/c1-4-21-11-9-12-22(5-2)25(21)26-30-20(3)23(27(31-26)32-15-7-6-8-16-32)19-33-17-18-34-24-13-10-14-29-28(24)33/h9-14H,4-8,15-19H2,1-3H3. The van der Waals surface area contributed by atoms with E-state index in [1.54, 1.807) is 0 Å². The van der Waals surface area contributed by atoms with Gasteiger partial charge in [0.15, 0.2) is 17.4 Å². The molecule has 0 bridgehead atoms. The Morgan fingerprint density at radius 1 is 0.882 bits per heavy atom. The van der Waals surface area contributed by atoms with E-state index in [2.05, 4.69) is 53.8 Å². The minimum atomic E-state index is 0.666. The van der Waals surface area contributed by atoms with E-state index in [1.165, 1.54) is 41.5 Å². The molecule has 34 heavy (non-hydrogen) atoms. The van der Waals surface area contributed by atoms with E-state index in [4.69, 9.17) is 14.7 Å². The van der Waals surface area contributed by atoms with Gasteiger partial charge in [0.05, 0.1) is 13.1 Å². The number of rotatable bonds is 6. The zero-order chi connectivity index (χ0) is 23.5. The lowest BCUT2D eigenvalue weighted by atomic mass is 9.96. The summed E-state index contributed by atoms with van der Waals surface area (Å²) in [4.78, 5) is 19.8.